The Kier molecular flexibility index (Phi) is 6.08. The molecule has 1 aliphatic rings. The van der Waals surface area contributed by atoms with Crippen LogP contribution in [0, 0.1) is 12.8 Å². The van der Waals surface area contributed by atoms with E-state index in [1.54, 1.807) is 30.2 Å². The van der Waals surface area contributed by atoms with Gasteiger partial charge in [0.2, 0.25) is 11.8 Å². The summed E-state index contributed by atoms with van der Waals surface area (Å²) in [6.07, 6.45) is 0.0961. The number of amides is 3. The largest absolute Gasteiger partial charge is 0.495 e. The third-order valence-electron chi connectivity index (χ3n) is 4.83. The van der Waals surface area contributed by atoms with Crippen molar-refractivity contribution in [2.45, 2.75) is 13.3 Å². The number of halogens is 1. The average Bonchev–Trinajstić information content (AvgIpc) is 3.10. The molecule has 0 aromatic heterocycles. The number of methoxy groups -OCH3 is 1. The number of benzene rings is 2. The number of aryl methyl sites for hydroxylation is 1. The van der Waals surface area contributed by atoms with Crippen molar-refractivity contribution in [3.05, 3.63) is 52.5 Å². The molecule has 7 nitrogen and oxygen atoms in total. The molecule has 2 aromatic rings. The SMILES string of the molecule is CNC(=O)c1cc(NC(=O)C2CC(=O)N(c3cc(C)ccc3OC)C2)ccc1Cl. The monoisotopic (exact) mass is 415 g/mol. The van der Waals surface area contributed by atoms with Crippen LogP contribution in [0.3, 0.4) is 0 Å². The second-order valence-corrected chi connectivity index (χ2v) is 7.25. The molecule has 2 N–H and O–H groups in total. The van der Waals surface area contributed by atoms with E-state index < -0.39 is 5.92 Å². The van der Waals surface area contributed by atoms with Gasteiger partial charge in [-0.05, 0) is 42.8 Å². The minimum atomic E-state index is -0.521. The molecule has 0 bridgehead atoms. The molecular weight excluding hydrogens is 394 g/mol. The van der Waals surface area contributed by atoms with Crippen molar-refractivity contribution in [2.75, 3.05) is 30.9 Å². The van der Waals surface area contributed by atoms with E-state index in [0.29, 0.717) is 17.1 Å². The number of hydrogen-bond donors (Lipinski definition) is 2. The van der Waals surface area contributed by atoms with Crippen molar-refractivity contribution in [3.63, 3.8) is 0 Å². The predicted octanol–water partition coefficient (Wildman–Crippen LogP) is 3.01. The van der Waals surface area contributed by atoms with Crippen molar-refractivity contribution in [1.29, 1.82) is 0 Å². The van der Waals surface area contributed by atoms with Crippen LogP contribution in [0.2, 0.25) is 5.02 Å². The Morgan fingerprint density at radius 1 is 1.21 bits per heavy atom. The van der Waals surface area contributed by atoms with E-state index in [0.717, 1.165) is 5.56 Å². The first-order chi connectivity index (χ1) is 13.8. The number of carbonyl (C=O) groups is 3. The van der Waals surface area contributed by atoms with Crippen molar-refractivity contribution >= 4 is 40.7 Å². The van der Waals surface area contributed by atoms with Gasteiger partial charge in [0, 0.05) is 25.7 Å². The fourth-order valence-corrected chi connectivity index (χ4v) is 3.49. The van der Waals surface area contributed by atoms with E-state index in [2.05, 4.69) is 10.6 Å². The molecule has 0 spiro atoms. The summed E-state index contributed by atoms with van der Waals surface area (Å²) >= 11 is 6.04. The van der Waals surface area contributed by atoms with E-state index in [9.17, 15) is 14.4 Å². The van der Waals surface area contributed by atoms with Crippen molar-refractivity contribution in [3.8, 4) is 5.75 Å². The molecule has 0 radical (unpaired) electrons. The molecule has 1 unspecified atom stereocenters. The zero-order valence-corrected chi connectivity index (χ0v) is 17.2. The van der Waals surface area contributed by atoms with Crippen molar-refractivity contribution in [2.24, 2.45) is 5.92 Å². The third-order valence-corrected chi connectivity index (χ3v) is 5.16. The fourth-order valence-electron chi connectivity index (χ4n) is 3.28. The minimum Gasteiger partial charge on any atom is -0.495 e. The summed E-state index contributed by atoms with van der Waals surface area (Å²) in [5.74, 6) is -0.724. The third kappa shape index (κ3) is 4.35. The lowest BCUT2D eigenvalue weighted by molar-refractivity contribution is -0.122. The van der Waals surface area contributed by atoms with Crippen LogP contribution < -0.4 is 20.3 Å². The molecule has 2 aromatic carbocycles. The summed E-state index contributed by atoms with van der Waals surface area (Å²) in [5, 5.41) is 5.57. The van der Waals surface area contributed by atoms with Crippen LogP contribution in [0.15, 0.2) is 36.4 Å². The molecule has 0 aliphatic carbocycles. The Balaban J connectivity index is 1.76. The second-order valence-electron chi connectivity index (χ2n) is 6.84. The topological polar surface area (TPSA) is 87.7 Å². The summed E-state index contributed by atoms with van der Waals surface area (Å²) < 4.78 is 5.37. The summed E-state index contributed by atoms with van der Waals surface area (Å²) in [5.41, 5.74) is 2.35. The van der Waals surface area contributed by atoms with Gasteiger partial charge in [-0.3, -0.25) is 14.4 Å². The van der Waals surface area contributed by atoms with Gasteiger partial charge in [-0.1, -0.05) is 17.7 Å². The van der Waals surface area contributed by atoms with E-state index in [1.165, 1.54) is 13.1 Å². The highest BCUT2D eigenvalue weighted by Crippen LogP contribution is 2.34. The number of hydrogen-bond acceptors (Lipinski definition) is 4. The standard InChI is InChI=1S/C21H22ClN3O4/c1-12-4-7-18(29-3)17(8-12)25-11-13(9-19(25)26)20(27)24-14-5-6-16(22)15(10-14)21(28)23-2/h4-8,10,13H,9,11H2,1-3H3,(H,23,28)(H,24,27). The molecule has 1 fully saturated rings. The smallest absolute Gasteiger partial charge is 0.252 e. The highest BCUT2D eigenvalue weighted by molar-refractivity contribution is 6.34. The van der Waals surface area contributed by atoms with Crippen molar-refractivity contribution in [1.82, 2.24) is 5.32 Å². The van der Waals surface area contributed by atoms with E-state index in [1.807, 2.05) is 19.1 Å². The van der Waals surface area contributed by atoms with E-state index in [4.69, 9.17) is 16.3 Å². The Bertz CT molecular complexity index is 976. The normalized spacial score (nSPS) is 15.9. The van der Waals surface area contributed by atoms with E-state index >= 15 is 0 Å². The van der Waals surface area contributed by atoms with Crippen LogP contribution in [0.4, 0.5) is 11.4 Å². The fraction of sp³-hybridized carbons (Fsp3) is 0.286. The van der Waals surface area contributed by atoms with Crippen LogP contribution in [-0.4, -0.2) is 38.4 Å². The number of nitrogens with zero attached hydrogens (tertiary/aromatic N) is 1. The van der Waals surface area contributed by atoms with Gasteiger partial charge < -0.3 is 20.3 Å². The second kappa shape index (κ2) is 8.53. The molecule has 3 amide bonds. The molecule has 1 heterocycles. The van der Waals surface area contributed by atoms with Crippen LogP contribution in [0.1, 0.15) is 22.3 Å². The van der Waals surface area contributed by atoms with Crippen LogP contribution in [0.25, 0.3) is 0 Å². The van der Waals surface area contributed by atoms with Crippen LogP contribution in [0.5, 0.6) is 5.75 Å². The van der Waals surface area contributed by atoms with Gasteiger partial charge in [-0.25, -0.2) is 0 Å². The summed E-state index contributed by atoms with van der Waals surface area (Å²) in [4.78, 5) is 38.8. The van der Waals surface area contributed by atoms with Crippen molar-refractivity contribution < 1.29 is 19.1 Å². The molecule has 8 heteroatoms. The molecule has 1 atom stereocenters. The summed E-state index contributed by atoms with van der Waals surface area (Å²) in [6.45, 7) is 2.18. The number of nitrogens with one attached hydrogen (secondary N) is 2. The van der Waals surface area contributed by atoms with Gasteiger partial charge in [-0.2, -0.15) is 0 Å². The molecule has 1 aliphatic heterocycles. The van der Waals surface area contributed by atoms with Gasteiger partial charge in [-0.15, -0.1) is 0 Å². The molecular formula is C21H22ClN3O4. The number of rotatable bonds is 5. The Hall–Kier alpha value is -3.06. The van der Waals surface area contributed by atoms with Crippen LogP contribution in [-0.2, 0) is 9.59 Å². The number of ether oxygens (including phenoxy) is 1. The first-order valence-corrected chi connectivity index (χ1v) is 9.49. The first-order valence-electron chi connectivity index (χ1n) is 9.11. The summed E-state index contributed by atoms with van der Waals surface area (Å²) in [7, 11) is 3.05. The highest BCUT2D eigenvalue weighted by Gasteiger charge is 2.36. The number of carbonyl (C=O) groups excluding carboxylic acids is 3. The molecule has 29 heavy (non-hydrogen) atoms. The Morgan fingerprint density at radius 3 is 2.66 bits per heavy atom. The quantitative estimate of drug-likeness (QED) is 0.785. The molecule has 1 saturated heterocycles. The summed E-state index contributed by atoms with van der Waals surface area (Å²) in [6, 6.07) is 10.2. The molecule has 3 rings (SSSR count). The lowest BCUT2D eigenvalue weighted by atomic mass is 10.1. The van der Waals surface area contributed by atoms with E-state index in [-0.39, 0.29) is 41.3 Å². The van der Waals surface area contributed by atoms with Gasteiger partial charge >= 0.3 is 0 Å². The highest BCUT2D eigenvalue weighted by atomic mass is 35.5. The predicted molar refractivity (Wildman–Crippen MR) is 112 cm³/mol. The Morgan fingerprint density at radius 2 is 1.97 bits per heavy atom. The molecule has 152 valence electrons. The zero-order valence-electron chi connectivity index (χ0n) is 16.4. The van der Waals surface area contributed by atoms with Gasteiger partial charge in [0.25, 0.3) is 5.91 Å². The average molecular weight is 416 g/mol. The maximum atomic E-state index is 12.7. The maximum Gasteiger partial charge on any atom is 0.252 e. The number of anilines is 2. The lowest BCUT2D eigenvalue weighted by Gasteiger charge is -2.20. The van der Waals surface area contributed by atoms with Crippen LogP contribution >= 0.6 is 11.6 Å². The lowest BCUT2D eigenvalue weighted by Crippen LogP contribution is -2.28. The molecule has 0 saturated carbocycles. The maximum absolute atomic E-state index is 12.7. The first kappa shape index (κ1) is 20.7. The van der Waals surface area contributed by atoms with Gasteiger partial charge in [0.05, 0.1) is 29.3 Å². The van der Waals surface area contributed by atoms with Gasteiger partial charge in [0.15, 0.2) is 0 Å². The minimum absolute atomic E-state index is 0.0961. The van der Waals surface area contributed by atoms with Gasteiger partial charge in [0.1, 0.15) is 5.75 Å². The zero-order chi connectivity index (χ0) is 21.1. The Labute approximate surface area is 174 Å².